The molecule has 0 aromatic heterocycles. The highest BCUT2D eigenvalue weighted by molar-refractivity contribution is 5.78. The van der Waals surface area contributed by atoms with Gasteiger partial charge in [-0.2, -0.15) is 0 Å². The number of ether oxygens (including phenoxy) is 1. The topological polar surface area (TPSA) is 66.8 Å². The van der Waals surface area contributed by atoms with E-state index in [1.807, 2.05) is 31.2 Å². The van der Waals surface area contributed by atoms with E-state index >= 15 is 0 Å². The molecule has 0 saturated carbocycles. The van der Waals surface area contributed by atoms with Gasteiger partial charge in [0, 0.05) is 19.5 Å². The van der Waals surface area contributed by atoms with Crippen LogP contribution < -0.4 is 4.74 Å². The number of carboxylic acids is 1. The van der Waals surface area contributed by atoms with E-state index in [2.05, 4.69) is 0 Å². The first-order valence-corrected chi connectivity index (χ1v) is 7.65. The molecule has 5 nitrogen and oxygen atoms in total. The van der Waals surface area contributed by atoms with Gasteiger partial charge in [-0.05, 0) is 36.5 Å². The number of benzene rings is 1. The van der Waals surface area contributed by atoms with Gasteiger partial charge >= 0.3 is 5.97 Å². The van der Waals surface area contributed by atoms with Crippen molar-refractivity contribution in [2.45, 2.75) is 32.1 Å². The molecule has 1 fully saturated rings. The normalized spacial score (nSPS) is 19.5. The zero-order chi connectivity index (χ0) is 16.1. The number of piperidine rings is 1. The molecule has 22 heavy (non-hydrogen) atoms. The molecule has 1 aromatic rings. The van der Waals surface area contributed by atoms with E-state index in [9.17, 15) is 9.59 Å². The number of amides is 1. The van der Waals surface area contributed by atoms with Gasteiger partial charge < -0.3 is 14.7 Å². The fraction of sp³-hybridized carbons (Fsp3) is 0.529. The molecule has 1 aliphatic rings. The summed E-state index contributed by atoms with van der Waals surface area (Å²) in [5, 5.41) is 9.10. The van der Waals surface area contributed by atoms with Gasteiger partial charge in [-0.15, -0.1) is 0 Å². The quantitative estimate of drug-likeness (QED) is 0.907. The van der Waals surface area contributed by atoms with E-state index in [1.165, 1.54) is 0 Å². The fourth-order valence-electron chi connectivity index (χ4n) is 2.85. The summed E-state index contributed by atoms with van der Waals surface area (Å²) >= 11 is 0. The lowest BCUT2D eigenvalue weighted by Crippen LogP contribution is -2.42. The maximum atomic E-state index is 12.4. The van der Waals surface area contributed by atoms with Crippen LogP contribution in [0, 0.1) is 5.92 Å². The van der Waals surface area contributed by atoms with Crippen LogP contribution in [-0.4, -0.2) is 42.1 Å². The lowest BCUT2D eigenvalue weighted by molar-refractivity contribution is -0.145. The second-order valence-electron chi connectivity index (χ2n) is 5.90. The standard InChI is InChI=1S/C17H23NO4/c1-12(13-5-7-15(22-2)8-6-13)10-16(19)18-9-3-4-14(11-18)17(20)21/h5-8,12,14H,3-4,9-11H2,1-2H3,(H,20,21)/t12-,14-/m0/s1. The molecule has 1 aromatic carbocycles. The average Bonchev–Trinajstić information content (AvgIpc) is 2.54. The summed E-state index contributed by atoms with van der Waals surface area (Å²) in [4.78, 5) is 25.2. The Labute approximate surface area is 130 Å². The van der Waals surface area contributed by atoms with Gasteiger partial charge in [0.05, 0.1) is 13.0 Å². The summed E-state index contributed by atoms with van der Waals surface area (Å²) in [5.41, 5.74) is 1.08. The number of carbonyl (C=O) groups excluding carboxylic acids is 1. The Kier molecular flexibility index (Phi) is 5.41. The number of carboxylic acid groups (broad SMARTS) is 1. The van der Waals surface area contributed by atoms with E-state index < -0.39 is 11.9 Å². The molecule has 1 heterocycles. The number of nitrogens with zero attached hydrogens (tertiary/aromatic N) is 1. The van der Waals surface area contributed by atoms with Gasteiger partial charge in [-0.25, -0.2) is 0 Å². The van der Waals surface area contributed by atoms with Crippen LogP contribution in [0.2, 0.25) is 0 Å². The zero-order valence-corrected chi connectivity index (χ0v) is 13.1. The molecule has 1 N–H and O–H groups in total. The molecule has 0 bridgehead atoms. The Morgan fingerprint density at radius 1 is 1.36 bits per heavy atom. The molecule has 5 heteroatoms. The Morgan fingerprint density at radius 3 is 2.64 bits per heavy atom. The third-order valence-corrected chi connectivity index (χ3v) is 4.29. The highest BCUT2D eigenvalue weighted by Gasteiger charge is 2.28. The molecule has 0 spiro atoms. The SMILES string of the molecule is COc1ccc([C@@H](C)CC(=O)N2CCC[C@H](C(=O)O)C2)cc1. The largest absolute Gasteiger partial charge is 0.497 e. The number of aliphatic carboxylic acids is 1. The van der Waals surface area contributed by atoms with Crippen LogP contribution in [0.4, 0.5) is 0 Å². The minimum Gasteiger partial charge on any atom is -0.497 e. The summed E-state index contributed by atoms with van der Waals surface area (Å²) in [6, 6.07) is 7.70. The summed E-state index contributed by atoms with van der Waals surface area (Å²) in [7, 11) is 1.62. The number of hydrogen-bond acceptors (Lipinski definition) is 3. The van der Waals surface area contributed by atoms with Crippen molar-refractivity contribution in [2.75, 3.05) is 20.2 Å². The van der Waals surface area contributed by atoms with E-state index in [1.54, 1.807) is 12.0 Å². The smallest absolute Gasteiger partial charge is 0.308 e. The van der Waals surface area contributed by atoms with Gasteiger partial charge in [0.1, 0.15) is 5.75 Å². The Morgan fingerprint density at radius 2 is 2.05 bits per heavy atom. The Bertz CT molecular complexity index is 526. The first-order valence-electron chi connectivity index (χ1n) is 7.65. The third-order valence-electron chi connectivity index (χ3n) is 4.29. The summed E-state index contributed by atoms with van der Waals surface area (Å²) in [5.74, 6) is -0.296. The molecule has 1 saturated heterocycles. The van der Waals surface area contributed by atoms with Gasteiger partial charge in [-0.1, -0.05) is 19.1 Å². The number of rotatable bonds is 5. The van der Waals surface area contributed by atoms with Gasteiger partial charge in [0.25, 0.3) is 0 Å². The maximum absolute atomic E-state index is 12.4. The second kappa shape index (κ2) is 7.29. The lowest BCUT2D eigenvalue weighted by Gasteiger charge is -2.31. The molecule has 0 unspecified atom stereocenters. The van der Waals surface area contributed by atoms with Crippen LogP contribution in [0.1, 0.15) is 37.7 Å². The molecule has 0 aliphatic carbocycles. The maximum Gasteiger partial charge on any atom is 0.308 e. The predicted molar refractivity (Wildman–Crippen MR) is 83.0 cm³/mol. The van der Waals surface area contributed by atoms with Crippen molar-refractivity contribution >= 4 is 11.9 Å². The Hall–Kier alpha value is -2.04. The van der Waals surface area contributed by atoms with Gasteiger partial charge in [-0.3, -0.25) is 9.59 Å². The molecule has 120 valence electrons. The highest BCUT2D eigenvalue weighted by Crippen LogP contribution is 2.24. The van der Waals surface area contributed by atoms with E-state index in [0.29, 0.717) is 25.9 Å². The number of carbonyl (C=O) groups is 2. The number of likely N-dealkylation sites (tertiary alicyclic amines) is 1. The molecular formula is C17H23NO4. The van der Waals surface area contributed by atoms with E-state index in [4.69, 9.17) is 9.84 Å². The van der Waals surface area contributed by atoms with Crippen molar-refractivity contribution < 1.29 is 19.4 Å². The van der Waals surface area contributed by atoms with Gasteiger partial charge in [0.15, 0.2) is 0 Å². The zero-order valence-electron chi connectivity index (χ0n) is 13.1. The van der Waals surface area contributed by atoms with Crippen LogP contribution in [0.5, 0.6) is 5.75 Å². The molecule has 1 amide bonds. The van der Waals surface area contributed by atoms with E-state index in [0.717, 1.165) is 17.7 Å². The number of methoxy groups -OCH3 is 1. The van der Waals surface area contributed by atoms with Crippen LogP contribution in [0.25, 0.3) is 0 Å². The molecule has 2 atom stereocenters. The Balaban J connectivity index is 1.93. The van der Waals surface area contributed by atoms with Crippen molar-refractivity contribution in [3.63, 3.8) is 0 Å². The minimum absolute atomic E-state index is 0.0364. The first-order chi connectivity index (χ1) is 10.5. The van der Waals surface area contributed by atoms with Crippen LogP contribution in [0.3, 0.4) is 0 Å². The second-order valence-corrected chi connectivity index (χ2v) is 5.90. The fourth-order valence-corrected chi connectivity index (χ4v) is 2.85. The first kappa shape index (κ1) is 16.3. The summed E-state index contributed by atoms with van der Waals surface area (Å²) in [6.45, 7) is 3.01. The van der Waals surface area contributed by atoms with Crippen LogP contribution in [-0.2, 0) is 9.59 Å². The minimum atomic E-state index is -0.805. The number of hydrogen-bond donors (Lipinski definition) is 1. The van der Waals surface area contributed by atoms with Crippen LogP contribution in [0.15, 0.2) is 24.3 Å². The average molecular weight is 305 g/mol. The van der Waals surface area contributed by atoms with Gasteiger partial charge in [0.2, 0.25) is 5.91 Å². The predicted octanol–water partition coefficient (Wildman–Crippen LogP) is 2.51. The molecule has 0 radical (unpaired) electrons. The van der Waals surface area contributed by atoms with Crippen molar-refractivity contribution in [3.8, 4) is 5.75 Å². The highest BCUT2D eigenvalue weighted by atomic mass is 16.5. The summed E-state index contributed by atoms with van der Waals surface area (Å²) in [6.07, 6.45) is 1.82. The molecule has 1 aliphatic heterocycles. The van der Waals surface area contributed by atoms with Crippen molar-refractivity contribution in [1.29, 1.82) is 0 Å². The monoisotopic (exact) mass is 305 g/mol. The van der Waals surface area contributed by atoms with Crippen molar-refractivity contribution in [1.82, 2.24) is 4.90 Å². The lowest BCUT2D eigenvalue weighted by atomic mass is 9.94. The van der Waals surface area contributed by atoms with Crippen molar-refractivity contribution in [3.05, 3.63) is 29.8 Å². The molecule has 2 rings (SSSR count). The van der Waals surface area contributed by atoms with Crippen molar-refractivity contribution in [2.24, 2.45) is 5.92 Å². The van der Waals surface area contributed by atoms with Crippen LogP contribution >= 0.6 is 0 Å². The summed E-state index contributed by atoms with van der Waals surface area (Å²) < 4.78 is 5.13. The third kappa shape index (κ3) is 4.00. The molecular weight excluding hydrogens is 282 g/mol. The van der Waals surface area contributed by atoms with E-state index in [-0.39, 0.29) is 11.8 Å².